The van der Waals surface area contributed by atoms with E-state index in [9.17, 15) is 0 Å². The zero-order valence-electron chi connectivity index (χ0n) is 9.63. The Hall–Kier alpha value is -0.600. The number of alkyl halides is 1. The van der Waals surface area contributed by atoms with Gasteiger partial charge in [-0.15, -0.1) is 11.6 Å². The first-order valence-corrected chi connectivity index (χ1v) is 5.89. The van der Waals surface area contributed by atoms with E-state index in [0.29, 0.717) is 17.8 Å². The van der Waals surface area contributed by atoms with Crippen molar-refractivity contribution in [2.45, 2.75) is 33.4 Å². The first kappa shape index (κ1) is 12.5. The molecule has 1 aromatic heterocycles. The molecule has 1 rings (SSSR count). The molecule has 0 saturated heterocycles. The Kier molecular flexibility index (Phi) is 5.06. The molecular formula is C12H19ClN2. The highest BCUT2D eigenvalue weighted by Crippen LogP contribution is 2.05. The van der Waals surface area contributed by atoms with Gasteiger partial charge in [0.1, 0.15) is 0 Å². The lowest BCUT2D eigenvalue weighted by atomic mass is 10.1. The Morgan fingerprint density at radius 2 is 2.13 bits per heavy atom. The van der Waals surface area contributed by atoms with Crippen LogP contribution in [0.5, 0.6) is 0 Å². The summed E-state index contributed by atoms with van der Waals surface area (Å²) in [4.78, 5) is 4.43. The van der Waals surface area contributed by atoms with Gasteiger partial charge in [0.25, 0.3) is 0 Å². The standard InChI is InChI=1S/C12H19ClN2/c1-9(7-13)11(3)14-8-12-6-4-5-10(2)15-12/h4-6,9,11,14H,7-8H2,1-3H3. The van der Waals surface area contributed by atoms with Crippen LogP contribution in [0.4, 0.5) is 0 Å². The molecule has 2 unspecified atom stereocenters. The third-order valence-corrected chi connectivity index (χ3v) is 3.13. The Bertz CT molecular complexity index is 301. The number of hydrogen-bond acceptors (Lipinski definition) is 2. The smallest absolute Gasteiger partial charge is 0.0544 e. The maximum absolute atomic E-state index is 5.80. The molecule has 0 aliphatic heterocycles. The van der Waals surface area contributed by atoms with Gasteiger partial charge < -0.3 is 5.32 Å². The van der Waals surface area contributed by atoms with E-state index < -0.39 is 0 Å². The fourth-order valence-electron chi connectivity index (χ4n) is 1.30. The van der Waals surface area contributed by atoms with Crippen LogP contribution in [0.1, 0.15) is 25.2 Å². The summed E-state index contributed by atoms with van der Waals surface area (Å²) in [5.74, 6) is 1.17. The average Bonchev–Trinajstić information content (AvgIpc) is 2.25. The molecular weight excluding hydrogens is 208 g/mol. The molecule has 0 spiro atoms. The molecule has 0 aliphatic rings. The number of aryl methyl sites for hydroxylation is 1. The van der Waals surface area contributed by atoms with Crippen LogP contribution in [0.15, 0.2) is 18.2 Å². The number of aromatic nitrogens is 1. The molecule has 1 N–H and O–H groups in total. The van der Waals surface area contributed by atoms with Crippen molar-refractivity contribution in [1.82, 2.24) is 10.3 Å². The molecule has 2 nitrogen and oxygen atoms in total. The molecule has 15 heavy (non-hydrogen) atoms. The number of pyridine rings is 1. The molecule has 2 atom stereocenters. The van der Waals surface area contributed by atoms with Crippen molar-refractivity contribution in [2.24, 2.45) is 5.92 Å². The molecule has 84 valence electrons. The zero-order chi connectivity index (χ0) is 11.3. The molecule has 0 aromatic carbocycles. The van der Waals surface area contributed by atoms with Crippen molar-refractivity contribution in [3.05, 3.63) is 29.6 Å². The third kappa shape index (κ3) is 4.18. The summed E-state index contributed by atoms with van der Waals surface area (Å²) < 4.78 is 0. The topological polar surface area (TPSA) is 24.9 Å². The van der Waals surface area contributed by atoms with E-state index in [1.54, 1.807) is 0 Å². The van der Waals surface area contributed by atoms with Crippen LogP contribution in [0, 0.1) is 12.8 Å². The van der Waals surface area contributed by atoms with Gasteiger partial charge in [-0.1, -0.05) is 13.0 Å². The van der Waals surface area contributed by atoms with E-state index in [0.717, 1.165) is 17.9 Å². The van der Waals surface area contributed by atoms with E-state index in [2.05, 4.69) is 24.1 Å². The minimum atomic E-state index is 0.421. The molecule has 0 bridgehead atoms. The first-order valence-electron chi connectivity index (χ1n) is 5.35. The van der Waals surface area contributed by atoms with Crippen molar-refractivity contribution in [3.63, 3.8) is 0 Å². The van der Waals surface area contributed by atoms with Crippen molar-refractivity contribution in [2.75, 3.05) is 5.88 Å². The lowest BCUT2D eigenvalue weighted by molar-refractivity contribution is 0.427. The van der Waals surface area contributed by atoms with E-state index >= 15 is 0 Å². The lowest BCUT2D eigenvalue weighted by Gasteiger charge is -2.18. The summed E-state index contributed by atoms with van der Waals surface area (Å²) in [5.41, 5.74) is 2.15. The van der Waals surface area contributed by atoms with Gasteiger partial charge in [-0.05, 0) is 31.9 Å². The molecule has 0 aliphatic carbocycles. The Morgan fingerprint density at radius 3 is 2.73 bits per heavy atom. The van der Waals surface area contributed by atoms with E-state index in [1.165, 1.54) is 0 Å². The Morgan fingerprint density at radius 1 is 1.40 bits per heavy atom. The van der Waals surface area contributed by atoms with Crippen molar-refractivity contribution < 1.29 is 0 Å². The number of halogens is 1. The third-order valence-electron chi connectivity index (χ3n) is 2.65. The summed E-state index contributed by atoms with van der Waals surface area (Å²) >= 11 is 5.80. The van der Waals surface area contributed by atoms with Crippen LogP contribution >= 0.6 is 11.6 Å². The summed E-state index contributed by atoms with van der Waals surface area (Å²) in [5, 5.41) is 3.43. The largest absolute Gasteiger partial charge is 0.308 e. The maximum atomic E-state index is 5.80. The summed E-state index contributed by atoms with van der Waals surface area (Å²) in [6, 6.07) is 6.51. The van der Waals surface area contributed by atoms with E-state index in [1.807, 2.05) is 25.1 Å². The minimum absolute atomic E-state index is 0.421. The second-order valence-corrected chi connectivity index (χ2v) is 4.38. The predicted molar refractivity (Wildman–Crippen MR) is 65.2 cm³/mol. The van der Waals surface area contributed by atoms with Gasteiger partial charge in [-0.25, -0.2) is 0 Å². The van der Waals surface area contributed by atoms with Gasteiger partial charge in [0, 0.05) is 24.2 Å². The van der Waals surface area contributed by atoms with Crippen molar-refractivity contribution in [3.8, 4) is 0 Å². The predicted octanol–water partition coefficient (Wildman–Crippen LogP) is 2.74. The molecule has 0 radical (unpaired) electrons. The van der Waals surface area contributed by atoms with Gasteiger partial charge in [0.15, 0.2) is 0 Å². The van der Waals surface area contributed by atoms with Gasteiger partial charge >= 0.3 is 0 Å². The van der Waals surface area contributed by atoms with Gasteiger partial charge in [-0.3, -0.25) is 4.98 Å². The summed E-state index contributed by atoms with van der Waals surface area (Å²) in [6.45, 7) is 7.12. The highest BCUT2D eigenvalue weighted by atomic mass is 35.5. The van der Waals surface area contributed by atoms with E-state index in [4.69, 9.17) is 11.6 Å². The van der Waals surface area contributed by atoms with Gasteiger partial charge in [-0.2, -0.15) is 0 Å². The molecule has 3 heteroatoms. The number of rotatable bonds is 5. The second kappa shape index (κ2) is 6.09. The second-order valence-electron chi connectivity index (χ2n) is 4.07. The molecule has 0 fully saturated rings. The fraction of sp³-hybridized carbons (Fsp3) is 0.583. The van der Waals surface area contributed by atoms with Crippen LogP contribution in [0.25, 0.3) is 0 Å². The summed E-state index contributed by atoms with van der Waals surface area (Å²) in [7, 11) is 0. The number of nitrogens with one attached hydrogen (secondary N) is 1. The van der Waals surface area contributed by atoms with Crippen LogP contribution in [-0.2, 0) is 6.54 Å². The first-order chi connectivity index (χ1) is 7.13. The van der Waals surface area contributed by atoms with Crippen LogP contribution in [0.2, 0.25) is 0 Å². The Labute approximate surface area is 97.1 Å². The highest BCUT2D eigenvalue weighted by molar-refractivity contribution is 6.18. The quantitative estimate of drug-likeness (QED) is 0.781. The monoisotopic (exact) mass is 226 g/mol. The lowest BCUT2D eigenvalue weighted by Crippen LogP contribution is -2.32. The SMILES string of the molecule is Cc1cccc(CNC(C)C(C)CCl)n1. The molecule has 0 saturated carbocycles. The normalized spacial score (nSPS) is 14.9. The summed E-state index contributed by atoms with van der Waals surface area (Å²) in [6.07, 6.45) is 0. The maximum Gasteiger partial charge on any atom is 0.0544 e. The molecule has 0 amide bonds. The van der Waals surface area contributed by atoms with Gasteiger partial charge in [0.2, 0.25) is 0 Å². The zero-order valence-corrected chi connectivity index (χ0v) is 10.4. The highest BCUT2D eigenvalue weighted by Gasteiger charge is 2.09. The van der Waals surface area contributed by atoms with Crippen LogP contribution < -0.4 is 5.32 Å². The Balaban J connectivity index is 2.43. The number of hydrogen-bond donors (Lipinski definition) is 1. The van der Waals surface area contributed by atoms with E-state index in [-0.39, 0.29) is 0 Å². The van der Waals surface area contributed by atoms with Crippen LogP contribution in [-0.4, -0.2) is 16.9 Å². The molecule has 1 aromatic rings. The van der Waals surface area contributed by atoms with Crippen molar-refractivity contribution in [1.29, 1.82) is 0 Å². The van der Waals surface area contributed by atoms with Gasteiger partial charge in [0.05, 0.1) is 5.69 Å². The van der Waals surface area contributed by atoms with Crippen molar-refractivity contribution >= 4 is 11.6 Å². The van der Waals surface area contributed by atoms with Crippen LogP contribution in [0.3, 0.4) is 0 Å². The molecule has 1 heterocycles. The fourth-order valence-corrected chi connectivity index (χ4v) is 1.57. The number of nitrogens with zero attached hydrogens (tertiary/aromatic N) is 1. The minimum Gasteiger partial charge on any atom is -0.308 e. The average molecular weight is 227 g/mol.